The third-order valence-corrected chi connectivity index (χ3v) is 5.18. The zero-order valence-electron chi connectivity index (χ0n) is 12.8. The Balaban J connectivity index is 1.41. The van der Waals surface area contributed by atoms with Crippen molar-refractivity contribution in [3.8, 4) is 11.5 Å². The van der Waals surface area contributed by atoms with Gasteiger partial charge in [-0.2, -0.15) is 0 Å². The lowest BCUT2D eigenvalue weighted by Crippen LogP contribution is -2.21. The number of thioether (sulfide) groups is 1. The molecule has 1 aliphatic rings. The van der Waals surface area contributed by atoms with Gasteiger partial charge < -0.3 is 13.9 Å². The molecule has 1 aromatic heterocycles. The molecule has 2 heterocycles. The number of fused-ring (bicyclic) bond motifs is 1. The molecule has 1 aliphatic heterocycles. The molecule has 0 fully saturated rings. The molecule has 0 saturated carbocycles. The fourth-order valence-corrected chi connectivity index (χ4v) is 3.36. The van der Waals surface area contributed by atoms with Gasteiger partial charge in [0.15, 0.2) is 11.5 Å². The first-order valence-electron chi connectivity index (χ1n) is 7.47. The summed E-state index contributed by atoms with van der Waals surface area (Å²) in [7, 11) is 0. The van der Waals surface area contributed by atoms with Crippen LogP contribution in [0.25, 0.3) is 0 Å². The third-order valence-electron chi connectivity index (χ3n) is 3.55. The lowest BCUT2D eigenvalue weighted by Gasteiger charge is -2.23. The zero-order chi connectivity index (χ0) is 17.2. The second-order valence-corrected chi connectivity index (χ2v) is 7.05. The minimum Gasteiger partial charge on any atom is -0.485 e. The lowest BCUT2D eigenvalue weighted by molar-refractivity contribution is 0.0686. The minimum absolute atomic E-state index is 0.329. The van der Waals surface area contributed by atoms with Crippen LogP contribution in [0, 0.1) is 0 Å². The van der Waals surface area contributed by atoms with Crippen molar-refractivity contribution < 1.29 is 13.9 Å². The van der Waals surface area contributed by atoms with Crippen molar-refractivity contribution in [2.24, 2.45) is 0 Å². The van der Waals surface area contributed by atoms with Crippen LogP contribution in [0.3, 0.4) is 0 Å². The Morgan fingerprint density at radius 2 is 1.88 bits per heavy atom. The molecule has 0 saturated heterocycles. The number of para-hydroxylation sites is 2. The van der Waals surface area contributed by atoms with Crippen LogP contribution in [0.15, 0.2) is 52.1 Å². The van der Waals surface area contributed by atoms with Gasteiger partial charge in [0.2, 0.25) is 6.10 Å². The molecule has 8 heteroatoms. The van der Waals surface area contributed by atoms with E-state index in [2.05, 4.69) is 10.2 Å². The summed E-state index contributed by atoms with van der Waals surface area (Å²) in [5.41, 5.74) is 1.02. The number of ether oxygens (including phenoxy) is 2. The van der Waals surface area contributed by atoms with E-state index in [4.69, 9.17) is 37.1 Å². The van der Waals surface area contributed by atoms with Crippen molar-refractivity contribution in [3.63, 3.8) is 0 Å². The van der Waals surface area contributed by atoms with Gasteiger partial charge in [-0.15, -0.1) is 10.2 Å². The molecule has 3 aromatic rings. The molecule has 1 atom stereocenters. The Hall–Kier alpha value is -1.89. The van der Waals surface area contributed by atoms with E-state index in [1.807, 2.05) is 36.4 Å². The van der Waals surface area contributed by atoms with Crippen LogP contribution in [0.4, 0.5) is 0 Å². The van der Waals surface area contributed by atoms with E-state index < -0.39 is 6.10 Å². The Labute approximate surface area is 158 Å². The summed E-state index contributed by atoms with van der Waals surface area (Å²) in [6.07, 6.45) is -0.415. The quantitative estimate of drug-likeness (QED) is 0.568. The monoisotopic (exact) mass is 394 g/mol. The zero-order valence-corrected chi connectivity index (χ0v) is 15.1. The summed E-state index contributed by atoms with van der Waals surface area (Å²) in [6, 6.07) is 13.0. The van der Waals surface area contributed by atoms with Gasteiger partial charge in [-0.05, 0) is 29.8 Å². The van der Waals surface area contributed by atoms with Gasteiger partial charge >= 0.3 is 0 Å². The van der Waals surface area contributed by atoms with Crippen molar-refractivity contribution in [2.45, 2.75) is 17.1 Å². The summed E-state index contributed by atoms with van der Waals surface area (Å²) in [5.74, 6) is 2.42. The fourth-order valence-electron chi connectivity index (χ4n) is 2.32. The van der Waals surface area contributed by atoms with E-state index in [-0.39, 0.29) is 0 Å². The second-order valence-electron chi connectivity index (χ2n) is 5.31. The van der Waals surface area contributed by atoms with E-state index >= 15 is 0 Å². The average molecular weight is 395 g/mol. The largest absolute Gasteiger partial charge is 0.485 e. The maximum Gasteiger partial charge on any atom is 0.277 e. The predicted molar refractivity (Wildman–Crippen MR) is 95.6 cm³/mol. The molecule has 0 radical (unpaired) electrons. The summed E-state index contributed by atoms with van der Waals surface area (Å²) < 4.78 is 17.2. The summed E-state index contributed by atoms with van der Waals surface area (Å²) >= 11 is 13.4. The average Bonchev–Trinajstić information content (AvgIpc) is 3.11. The molecular formula is C17H12Cl2N2O3S. The van der Waals surface area contributed by atoms with E-state index in [1.165, 1.54) is 11.8 Å². The number of halogens is 2. The lowest BCUT2D eigenvalue weighted by atomic mass is 10.2. The van der Waals surface area contributed by atoms with E-state index in [0.717, 1.165) is 5.56 Å². The van der Waals surface area contributed by atoms with Gasteiger partial charge in [-0.3, -0.25) is 0 Å². The summed E-state index contributed by atoms with van der Waals surface area (Å²) in [6.45, 7) is 0.329. The fraction of sp³-hybridized carbons (Fsp3) is 0.176. The van der Waals surface area contributed by atoms with Gasteiger partial charge in [0.05, 0.1) is 10.0 Å². The van der Waals surface area contributed by atoms with Crippen LogP contribution in [-0.2, 0) is 5.75 Å². The van der Waals surface area contributed by atoms with E-state index in [9.17, 15) is 0 Å². The van der Waals surface area contributed by atoms with Crippen molar-refractivity contribution in [3.05, 3.63) is 64.0 Å². The number of benzene rings is 2. The highest BCUT2D eigenvalue weighted by Crippen LogP contribution is 2.36. The minimum atomic E-state index is -0.415. The number of aromatic nitrogens is 2. The van der Waals surface area contributed by atoms with Crippen LogP contribution in [0.1, 0.15) is 17.6 Å². The van der Waals surface area contributed by atoms with Gasteiger partial charge in [-0.1, -0.05) is 53.2 Å². The Morgan fingerprint density at radius 3 is 2.72 bits per heavy atom. The molecule has 0 unspecified atom stereocenters. The highest BCUT2D eigenvalue weighted by atomic mass is 35.5. The molecule has 4 rings (SSSR count). The summed E-state index contributed by atoms with van der Waals surface area (Å²) in [5, 5.41) is 9.64. The number of rotatable bonds is 4. The van der Waals surface area contributed by atoms with Crippen molar-refractivity contribution in [2.75, 3.05) is 6.61 Å². The van der Waals surface area contributed by atoms with Gasteiger partial charge in [0.25, 0.3) is 11.1 Å². The SMILES string of the molecule is Clc1ccc(CSc2nnc([C@H]3COc4ccccc4O3)o2)cc1Cl. The second kappa shape index (κ2) is 7.15. The molecule has 5 nitrogen and oxygen atoms in total. The molecule has 0 N–H and O–H groups in total. The molecule has 2 aromatic carbocycles. The van der Waals surface area contributed by atoms with Gasteiger partial charge in [0, 0.05) is 5.75 Å². The smallest absolute Gasteiger partial charge is 0.277 e. The predicted octanol–water partition coefficient (Wildman–Crippen LogP) is 5.18. The molecule has 0 aliphatic carbocycles. The first-order valence-corrected chi connectivity index (χ1v) is 9.22. The molecule has 0 bridgehead atoms. The molecule has 128 valence electrons. The molecule has 0 spiro atoms. The number of hydrogen-bond donors (Lipinski definition) is 0. The Bertz CT molecular complexity index is 903. The first kappa shape index (κ1) is 16.6. The third kappa shape index (κ3) is 3.71. The number of nitrogens with zero attached hydrogens (tertiary/aromatic N) is 2. The van der Waals surface area contributed by atoms with Crippen LogP contribution < -0.4 is 9.47 Å². The van der Waals surface area contributed by atoms with Gasteiger partial charge in [-0.25, -0.2) is 0 Å². The standard InChI is InChI=1S/C17H12Cl2N2O3S/c18-11-6-5-10(7-12(11)19)9-25-17-21-20-16(24-17)15-8-22-13-3-1-2-4-14(13)23-15/h1-7,15H,8-9H2/t15-/m1/s1. The van der Waals surface area contributed by atoms with Crippen molar-refractivity contribution >= 4 is 35.0 Å². The van der Waals surface area contributed by atoms with E-state index in [1.54, 1.807) is 6.07 Å². The topological polar surface area (TPSA) is 57.4 Å². The Morgan fingerprint density at radius 1 is 1.04 bits per heavy atom. The maximum atomic E-state index is 6.02. The van der Waals surface area contributed by atoms with Gasteiger partial charge in [0.1, 0.15) is 6.61 Å². The number of hydrogen-bond acceptors (Lipinski definition) is 6. The molecule has 25 heavy (non-hydrogen) atoms. The molecular weight excluding hydrogens is 383 g/mol. The highest BCUT2D eigenvalue weighted by Gasteiger charge is 2.27. The van der Waals surface area contributed by atoms with Crippen molar-refractivity contribution in [1.29, 1.82) is 0 Å². The highest BCUT2D eigenvalue weighted by molar-refractivity contribution is 7.98. The molecule has 0 amide bonds. The van der Waals surface area contributed by atoms with Crippen LogP contribution in [0.5, 0.6) is 11.5 Å². The first-order chi connectivity index (χ1) is 12.2. The van der Waals surface area contributed by atoms with Crippen LogP contribution >= 0.6 is 35.0 Å². The van der Waals surface area contributed by atoms with Crippen LogP contribution in [0.2, 0.25) is 10.0 Å². The normalized spacial score (nSPS) is 16.0. The van der Waals surface area contributed by atoms with Crippen molar-refractivity contribution in [1.82, 2.24) is 10.2 Å². The maximum absolute atomic E-state index is 6.02. The Kier molecular flexibility index (Phi) is 4.74. The van der Waals surface area contributed by atoms with E-state index in [0.29, 0.717) is 45.0 Å². The summed E-state index contributed by atoms with van der Waals surface area (Å²) in [4.78, 5) is 0. The van der Waals surface area contributed by atoms with Crippen LogP contribution in [-0.4, -0.2) is 16.8 Å².